The molecule has 0 bridgehead atoms. The van der Waals surface area contributed by atoms with Crippen LogP contribution in [0.5, 0.6) is 0 Å². The van der Waals surface area contributed by atoms with Gasteiger partial charge in [0.1, 0.15) is 4.90 Å². The number of benzene rings is 4. The fourth-order valence-electron chi connectivity index (χ4n) is 4.47. The first-order valence-corrected chi connectivity index (χ1v) is 12.0. The van der Waals surface area contributed by atoms with E-state index in [9.17, 15) is 13.0 Å². The van der Waals surface area contributed by atoms with E-state index >= 15 is 0 Å². The fraction of sp³-hybridized carbons (Fsp3) is 0.143. The summed E-state index contributed by atoms with van der Waals surface area (Å²) in [5, 5.41) is 0. The van der Waals surface area contributed by atoms with Crippen molar-refractivity contribution < 1.29 is 13.0 Å². The molecule has 0 amide bonds. The largest absolute Gasteiger partial charge is 0.295 e. The first kappa shape index (κ1) is 22.0. The quantitative estimate of drug-likeness (QED) is 0.342. The van der Waals surface area contributed by atoms with Crippen LogP contribution in [0, 0.1) is 6.92 Å². The van der Waals surface area contributed by atoms with Crippen molar-refractivity contribution in [2.24, 2.45) is 0 Å². The molecular formula is C28H26O3S. The Morgan fingerprint density at radius 2 is 1.19 bits per heavy atom. The zero-order valence-electron chi connectivity index (χ0n) is 18.4. The Labute approximate surface area is 190 Å². The summed E-state index contributed by atoms with van der Waals surface area (Å²) in [5.41, 5.74) is 5.09. The summed E-state index contributed by atoms with van der Waals surface area (Å²) < 4.78 is 35.9. The molecule has 32 heavy (non-hydrogen) atoms. The van der Waals surface area contributed by atoms with Gasteiger partial charge in [0, 0.05) is 16.5 Å². The average molecular weight is 443 g/mol. The summed E-state index contributed by atoms with van der Waals surface area (Å²) in [4.78, 5) is -0.0555. The highest BCUT2D eigenvalue weighted by molar-refractivity contribution is 7.86. The first-order valence-electron chi connectivity index (χ1n) is 10.5. The van der Waals surface area contributed by atoms with Crippen molar-refractivity contribution in [3.8, 4) is 22.3 Å². The minimum Gasteiger partial charge on any atom is -0.282 e. The molecule has 0 radical (unpaired) electrons. The van der Waals surface area contributed by atoms with Gasteiger partial charge in [-0.1, -0.05) is 105 Å². The van der Waals surface area contributed by atoms with Crippen molar-refractivity contribution in [3.63, 3.8) is 0 Å². The van der Waals surface area contributed by atoms with Gasteiger partial charge in [-0.3, -0.25) is 4.55 Å². The van der Waals surface area contributed by atoms with Crippen LogP contribution in [0.15, 0.2) is 102 Å². The second-order valence-corrected chi connectivity index (χ2v) is 9.86. The fourth-order valence-corrected chi connectivity index (χ4v) is 5.45. The minimum atomic E-state index is -4.51. The Bertz CT molecular complexity index is 1340. The van der Waals surface area contributed by atoms with E-state index in [1.807, 2.05) is 91.9 Å². The molecule has 0 fully saturated rings. The molecule has 0 saturated heterocycles. The van der Waals surface area contributed by atoms with Gasteiger partial charge in [0.05, 0.1) is 0 Å². The van der Waals surface area contributed by atoms with Gasteiger partial charge >= 0.3 is 0 Å². The van der Waals surface area contributed by atoms with Crippen LogP contribution in [0.2, 0.25) is 0 Å². The Morgan fingerprint density at radius 3 is 1.69 bits per heavy atom. The molecule has 4 rings (SSSR count). The Balaban J connectivity index is 2.17. The van der Waals surface area contributed by atoms with E-state index in [4.69, 9.17) is 0 Å². The van der Waals surface area contributed by atoms with Crippen LogP contribution in [-0.2, 0) is 15.5 Å². The maximum absolute atomic E-state index is 12.8. The number of hydrogen-bond donors (Lipinski definition) is 1. The molecule has 0 spiro atoms. The van der Waals surface area contributed by atoms with Crippen LogP contribution in [0.3, 0.4) is 0 Å². The Kier molecular flexibility index (Phi) is 5.76. The monoisotopic (exact) mass is 442 g/mol. The van der Waals surface area contributed by atoms with Gasteiger partial charge in [0.2, 0.25) is 0 Å². The van der Waals surface area contributed by atoms with E-state index in [1.165, 1.54) is 0 Å². The molecule has 0 heterocycles. The minimum absolute atomic E-state index is 0.0555. The third-order valence-electron chi connectivity index (χ3n) is 6.11. The molecule has 4 heteroatoms. The summed E-state index contributed by atoms with van der Waals surface area (Å²) in [6.07, 6.45) is 0. The van der Waals surface area contributed by atoms with E-state index in [2.05, 4.69) is 26.0 Å². The maximum Gasteiger partial charge on any atom is 0.295 e. The molecule has 162 valence electrons. The van der Waals surface area contributed by atoms with Crippen molar-refractivity contribution in [3.05, 3.63) is 114 Å². The predicted octanol–water partition coefficient (Wildman–Crippen LogP) is 6.90. The lowest BCUT2D eigenvalue weighted by molar-refractivity contribution is 0.483. The van der Waals surface area contributed by atoms with Gasteiger partial charge in [0.25, 0.3) is 10.1 Å². The second kappa shape index (κ2) is 8.38. The SMILES string of the molecule is Cc1c(C(C)(C)c2ccccc2)cc(-c2ccccc2)c(S(=O)(=O)O)c1-c1ccccc1. The number of hydrogen-bond acceptors (Lipinski definition) is 2. The maximum atomic E-state index is 12.8. The molecule has 0 aromatic heterocycles. The van der Waals surface area contributed by atoms with Gasteiger partial charge in [-0.15, -0.1) is 0 Å². The molecular weight excluding hydrogens is 416 g/mol. The lowest BCUT2D eigenvalue weighted by Gasteiger charge is -2.31. The topological polar surface area (TPSA) is 54.4 Å². The van der Waals surface area contributed by atoms with E-state index in [-0.39, 0.29) is 4.90 Å². The third kappa shape index (κ3) is 3.99. The van der Waals surface area contributed by atoms with Gasteiger partial charge in [-0.25, -0.2) is 0 Å². The van der Waals surface area contributed by atoms with Crippen LogP contribution in [0.4, 0.5) is 0 Å². The highest BCUT2D eigenvalue weighted by Gasteiger charge is 2.32. The molecule has 0 aliphatic heterocycles. The lowest BCUT2D eigenvalue weighted by Crippen LogP contribution is -2.22. The van der Waals surface area contributed by atoms with Crippen molar-refractivity contribution in [2.45, 2.75) is 31.1 Å². The summed E-state index contributed by atoms with van der Waals surface area (Å²) in [5.74, 6) is 0. The van der Waals surface area contributed by atoms with Gasteiger partial charge in [-0.05, 0) is 40.8 Å². The van der Waals surface area contributed by atoms with E-state index in [0.29, 0.717) is 11.1 Å². The van der Waals surface area contributed by atoms with Gasteiger partial charge in [-0.2, -0.15) is 8.42 Å². The van der Waals surface area contributed by atoms with E-state index in [0.717, 1.165) is 27.8 Å². The van der Waals surface area contributed by atoms with Crippen molar-refractivity contribution >= 4 is 10.1 Å². The predicted molar refractivity (Wildman–Crippen MR) is 130 cm³/mol. The Hall–Kier alpha value is -3.21. The molecule has 0 aliphatic carbocycles. The highest BCUT2D eigenvalue weighted by atomic mass is 32.2. The zero-order valence-corrected chi connectivity index (χ0v) is 19.2. The molecule has 0 aliphatic rings. The van der Waals surface area contributed by atoms with Crippen LogP contribution in [0.25, 0.3) is 22.3 Å². The Morgan fingerprint density at radius 1 is 0.719 bits per heavy atom. The van der Waals surface area contributed by atoms with Crippen molar-refractivity contribution in [2.75, 3.05) is 0 Å². The first-order chi connectivity index (χ1) is 15.2. The van der Waals surface area contributed by atoms with Crippen LogP contribution in [0.1, 0.15) is 30.5 Å². The lowest BCUT2D eigenvalue weighted by atomic mass is 9.74. The molecule has 0 atom stereocenters. The molecule has 3 nitrogen and oxygen atoms in total. The summed E-state index contributed by atoms with van der Waals surface area (Å²) in [7, 11) is -4.51. The third-order valence-corrected chi connectivity index (χ3v) is 7.05. The summed E-state index contributed by atoms with van der Waals surface area (Å²) in [6, 6.07) is 30.9. The average Bonchev–Trinajstić information content (AvgIpc) is 2.79. The van der Waals surface area contributed by atoms with E-state index in [1.54, 1.807) is 0 Å². The zero-order chi connectivity index (χ0) is 22.9. The highest BCUT2D eigenvalue weighted by Crippen LogP contribution is 2.44. The summed E-state index contributed by atoms with van der Waals surface area (Å²) in [6.45, 7) is 6.22. The standard InChI is InChI=1S/C28H26O3S/c1-20-25(28(2,3)23-17-11-6-12-18-23)19-24(21-13-7-4-8-14-21)27(32(29,30)31)26(20)22-15-9-5-10-16-22/h4-19H,1-3H3,(H,29,30,31). The van der Waals surface area contributed by atoms with E-state index < -0.39 is 15.5 Å². The van der Waals surface area contributed by atoms with Crippen molar-refractivity contribution in [1.82, 2.24) is 0 Å². The molecule has 4 aromatic carbocycles. The van der Waals surface area contributed by atoms with Crippen molar-refractivity contribution in [1.29, 1.82) is 0 Å². The molecule has 1 N–H and O–H groups in total. The smallest absolute Gasteiger partial charge is 0.282 e. The molecule has 0 saturated carbocycles. The molecule has 0 unspecified atom stereocenters. The van der Waals surface area contributed by atoms with Crippen LogP contribution >= 0.6 is 0 Å². The van der Waals surface area contributed by atoms with Gasteiger partial charge in [0.15, 0.2) is 0 Å². The summed E-state index contributed by atoms with van der Waals surface area (Å²) >= 11 is 0. The van der Waals surface area contributed by atoms with Crippen LogP contribution < -0.4 is 0 Å². The normalized spacial score (nSPS) is 12.0. The number of rotatable bonds is 5. The van der Waals surface area contributed by atoms with Gasteiger partial charge < -0.3 is 0 Å². The van der Waals surface area contributed by atoms with Crippen LogP contribution in [-0.4, -0.2) is 13.0 Å². The second-order valence-electron chi connectivity index (χ2n) is 8.50. The molecule has 4 aromatic rings.